The van der Waals surface area contributed by atoms with E-state index in [1.54, 1.807) is 43.9 Å². The van der Waals surface area contributed by atoms with Crippen molar-refractivity contribution in [3.8, 4) is 5.75 Å². The normalized spacial score (nSPS) is 12.0. The van der Waals surface area contributed by atoms with Gasteiger partial charge in [-0.1, -0.05) is 32.9 Å². The van der Waals surface area contributed by atoms with E-state index in [-0.39, 0.29) is 11.3 Å². The molecule has 0 atom stereocenters. The number of hydrazine groups is 1. The van der Waals surface area contributed by atoms with Crippen LogP contribution in [0.1, 0.15) is 53.4 Å². The number of aryl methyl sites for hydroxylation is 1. The molecule has 0 aliphatic rings. The molecule has 1 aromatic heterocycles. The van der Waals surface area contributed by atoms with Crippen molar-refractivity contribution in [1.82, 2.24) is 9.88 Å². The summed E-state index contributed by atoms with van der Waals surface area (Å²) in [4.78, 5) is 19.6. The fourth-order valence-electron chi connectivity index (χ4n) is 3.96. The van der Waals surface area contributed by atoms with Gasteiger partial charge >= 0.3 is 0 Å². The molecule has 3 aromatic rings. The first-order valence-corrected chi connectivity index (χ1v) is 12.1. The molecule has 0 bridgehead atoms. The lowest BCUT2D eigenvalue weighted by Crippen LogP contribution is -2.27. The van der Waals surface area contributed by atoms with Crippen molar-refractivity contribution in [1.29, 1.82) is 0 Å². The molecule has 0 unspecified atom stereocenters. The number of amides is 1. The Bertz CT molecular complexity index is 1280. The van der Waals surface area contributed by atoms with Crippen LogP contribution in [-0.4, -0.2) is 37.0 Å². The Balaban J connectivity index is 1.96. The number of carbonyl (C=O) groups is 1. The average molecular weight is 503 g/mol. The highest BCUT2D eigenvalue weighted by atomic mass is 16.5. The van der Waals surface area contributed by atoms with E-state index in [2.05, 4.69) is 42.0 Å². The summed E-state index contributed by atoms with van der Waals surface area (Å²) in [6.45, 7) is 9.04. The third-order valence-corrected chi connectivity index (χ3v) is 5.99. The van der Waals surface area contributed by atoms with Crippen LogP contribution in [0.25, 0.3) is 5.70 Å². The fourth-order valence-corrected chi connectivity index (χ4v) is 3.96. The molecule has 0 spiro atoms. The maximum Gasteiger partial charge on any atom is 0.255 e. The van der Waals surface area contributed by atoms with E-state index in [1.807, 2.05) is 39.2 Å². The predicted octanol–water partition coefficient (Wildman–Crippen LogP) is 4.65. The molecular weight excluding hydrogens is 464 g/mol. The monoisotopic (exact) mass is 502 g/mol. The first-order valence-electron chi connectivity index (χ1n) is 12.1. The highest BCUT2D eigenvalue weighted by molar-refractivity contribution is 6.06. The number of hydrogen-bond acceptors (Lipinski definition) is 7. The molecule has 8 heteroatoms. The minimum Gasteiger partial charge on any atom is -0.494 e. The molecule has 0 saturated heterocycles. The number of benzene rings is 2. The van der Waals surface area contributed by atoms with E-state index < -0.39 is 0 Å². The van der Waals surface area contributed by atoms with Crippen molar-refractivity contribution in [3.63, 3.8) is 0 Å². The average Bonchev–Trinajstić information content (AvgIpc) is 2.83. The summed E-state index contributed by atoms with van der Waals surface area (Å²) < 4.78 is 5.75. The number of nitrogens with two attached hydrogens (primary N) is 2. The highest BCUT2D eigenvalue weighted by Gasteiger charge is 2.21. The third kappa shape index (κ3) is 6.87. The van der Waals surface area contributed by atoms with Crippen molar-refractivity contribution in [2.45, 2.75) is 39.7 Å². The van der Waals surface area contributed by atoms with Gasteiger partial charge in [-0.25, -0.2) is 5.84 Å². The second kappa shape index (κ2) is 11.5. The van der Waals surface area contributed by atoms with Gasteiger partial charge in [0.1, 0.15) is 5.75 Å². The predicted molar refractivity (Wildman–Crippen MR) is 151 cm³/mol. The summed E-state index contributed by atoms with van der Waals surface area (Å²) in [6.07, 6.45) is 4.96. The van der Waals surface area contributed by atoms with E-state index >= 15 is 0 Å². The maximum atomic E-state index is 13.4. The minimum atomic E-state index is -0.265. The number of rotatable bonds is 8. The number of anilines is 2. The van der Waals surface area contributed by atoms with E-state index in [0.29, 0.717) is 34.9 Å². The second-order valence-corrected chi connectivity index (χ2v) is 10.4. The minimum absolute atomic E-state index is 0.107. The highest BCUT2D eigenvalue weighted by Crippen LogP contribution is 2.36. The van der Waals surface area contributed by atoms with Crippen molar-refractivity contribution >= 4 is 23.0 Å². The number of nitrogens with one attached hydrogen (secondary N) is 1. The van der Waals surface area contributed by atoms with Crippen LogP contribution in [0.4, 0.5) is 11.4 Å². The van der Waals surface area contributed by atoms with Crippen molar-refractivity contribution < 1.29 is 9.53 Å². The Hall–Kier alpha value is -3.88. The summed E-state index contributed by atoms with van der Waals surface area (Å²) in [5.41, 5.74) is 12.1. The number of aromatic nitrogens is 1. The molecular formula is C29H38N6O2. The standard InChI is InChI=1S/C29H38N6O2/c1-19-10-11-20(14-26(19)35(31)18-24(30)21-9-8-12-32-16-21)28(36)33-25-15-23(29(2,3)4)13-22(17-34(5)6)27(25)37-7/h8-16,18H,17,30-31H2,1-7H3,(H,33,36)/b24-18-. The van der Waals surface area contributed by atoms with Gasteiger partial charge in [0.05, 0.1) is 24.2 Å². The largest absolute Gasteiger partial charge is 0.494 e. The third-order valence-electron chi connectivity index (χ3n) is 5.99. The summed E-state index contributed by atoms with van der Waals surface area (Å²) in [5, 5.41) is 4.49. The molecule has 0 fully saturated rings. The molecule has 0 saturated carbocycles. The lowest BCUT2D eigenvalue weighted by Gasteiger charge is -2.25. The van der Waals surface area contributed by atoms with Crippen molar-refractivity contribution in [3.05, 3.63) is 88.9 Å². The molecule has 1 heterocycles. The number of hydrogen-bond donors (Lipinski definition) is 3. The molecule has 2 aromatic carbocycles. The fraction of sp³-hybridized carbons (Fsp3) is 0.310. The lowest BCUT2D eigenvalue weighted by atomic mass is 9.85. The number of carbonyl (C=O) groups excluding carboxylic acids is 1. The first-order chi connectivity index (χ1) is 17.4. The second-order valence-electron chi connectivity index (χ2n) is 10.4. The van der Waals surface area contributed by atoms with Gasteiger partial charge in [0.15, 0.2) is 0 Å². The van der Waals surface area contributed by atoms with Crippen molar-refractivity contribution in [2.75, 3.05) is 31.5 Å². The summed E-state index contributed by atoms with van der Waals surface area (Å²) >= 11 is 0. The van der Waals surface area contributed by atoms with E-state index in [4.69, 9.17) is 16.3 Å². The van der Waals surface area contributed by atoms with Gasteiger partial charge < -0.3 is 20.7 Å². The maximum absolute atomic E-state index is 13.4. The number of methoxy groups -OCH3 is 1. The Morgan fingerprint density at radius 1 is 1.14 bits per heavy atom. The molecule has 37 heavy (non-hydrogen) atoms. The van der Waals surface area contributed by atoms with Gasteiger partial charge in [-0.15, -0.1) is 0 Å². The summed E-state index contributed by atoms with van der Waals surface area (Å²) in [6, 6.07) is 13.2. The van der Waals surface area contributed by atoms with Gasteiger partial charge in [0.2, 0.25) is 0 Å². The number of pyridine rings is 1. The topological polar surface area (TPSA) is 110 Å². The number of ether oxygens (including phenoxy) is 1. The Kier molecular flexibility index (Phi) is 8.57. The van der Waals surface area contributed by atoms with Crippen LogP contribution in [0.3, 0.4) is 0 Å². The molecule has 0 radical (unpaired) electrons. The Morgan fingerprint density at radius 3 is 2.46 bits per heavy atom. The molecule has 5 N–H and O–H groups in total. The van der Waals surface area contributed by atoms with Crippen LogP contribution >= 0.6 is 0 Å². The van der Waals surface area contributed by atoms with Crippen LogP contribution in [0.15, 0.2) is 61.1 Å². The zero-order valence-corrected chi connectivity index (χ0v) is 22.8. The zero-order valence-electron chi connectivity index (χ0n) is 22.8. The van der Waals surface area contributed by atoms with Crippen LogP contribution < -0.4 is 26.6 Å². The quantitative estimate of drug-likeness (QED) is 0.304. The molecule has 1 amide bonds. The van der Waals surface area contributed by atoms with E-state index in [1.165, 1.54) is 5.01 Å². The van der Waals surface area contributed by atoms with Crippen LogP contribution in [0, 0.1) is 6.92 Å². The Morgan fingerprint density at radius 2 is 1.86 bits per heavy atom. The van der Waals surface area contributed by atoms with Crippen LogP contribution in [-0.2, 0) is 12.0 Å². The smallest absolute Gasteiger partial charge is 0.255 e. The lowest BCUT2D eigenvalue weighted by molar-refractivity contribution is 0.102. The van der Waals surface area contributed by atoms with E-state index in [0.717, 1.165) is 22.3 Å². The zero-order chi connectivity index (χ0) is 27.3. The first kappa shape index (κ1) is 27.7. The molecule has 8 nitrogen and oxygen atoms in total. The summed E-state index contributed by atoms with van der Waals surface area (Å²) in [5.74, 6) is 6.72. The van der Waals surface area contributed by atoms with Crippen LogP contribution in [0.2, 0.25) is 0 Å². The van der Waals surface area contributed by atoms with E-state index in [9.17, 15) is 4.79 Å². The van der Waals surface area contributed by atoms with Gasteiger partial charge in [-0.3, -0.25) is 14.8 Å². The molecule has 0 aliphatic carbocycles. The molecule has 196 valence electrons. The molecule has 0 aliphatic heterocycles. The van der Waals surface area contributed by atoms with Gasteiger partial charge in [0, 0.05) is 41.8 Å². The number of nitrogens with zero attached hydrogens (tertiary/aromatic N) is 3. The summed E-state index contributed by atoms with van der Waals surface area (Å²) in [7, 11) is 5.63. The SMILES string of the molecule is COc1c(CN(C)C)cc(C(C)(C)C)cc1NC(=O)c1ccc(C)c(N(N)/C=C(\N)c2cccnc2)c1. The van der Waals surface area contributed by atoms with Crippen LogP contribution in [0.5, 0.6) is 5.75 Å². The van der Waals surface area contributed by atoms with Gasteiger partial charge in [-0.05, 0) is 67.9 Å². The Labute approximate surface area is 219 Å². The molecule has 3 rings (SSSR count). The van der Waals surface area contributed by atoms with Crippen molar-refractivity contribution in [2.24, 2.45) is 11.6 Å². The van der Waals surface area contributed by atoms with Gasteiger partial charge in [0.25, 0.3) is 5.91 Å². The van der Waals surface area contributed by atoms with Gasteiger partial charge in [-0.2, -0.15) is 0 Å².